The van der Waals surface area contributed by atoms with Gasteiger partial charge in [-0.25, -0.2) is 4.79 Å². The first kappa shape index (κ1) is 21.8. The Hall–Kier alpha value is -2.92. The largest absolute Gasteiger partial charge is 0.462 e. The molecule has 0 spiro atoms. The Morgan fingerprint density at radius 1 is 0.967 bits per heavy atom. The number of rotatable bonds is 8. The van der Waals surface area contributed by atoms with Gasteiger partial charge < -0.3 is 10.1 Å². The quantitative estimate of drug-likeness (QED) is 0.440. The van der Waals surface area contributed by atoms with Gasteiger partial charge in [-0.15, -0.1) is 11.3 Å². The molecule has 1 N–H and O–H groups in total. The van der Waals surface area contributed by atoms with Crippen LogP contribution in [0, 0.1) is 0 Å². The maximum atomic E-state index is 13.1. The number of hydrogen-bond acceptors (Lipinski definition) is 4. The molecule has 0 radical (unpaired) electrons. The third kappa shape index (κ3) is 4.97. The fraction of sp³-hybridized carbons (Fsp3) is 0.280. The van der Waals surface area contributed by atoms with Crippen LogP contribution < -0.4 is 5.32 Å². The summed E-state index contributed by atoms with van der Waals surface area (Å²) in [6.45, 7) is 6.15. The van der Waals surface area contributed by atoms with Crippen LogP contribution in [-0.2, 0) is 9.53 Å². The lowest BCUT2D eigenvalue weighted by molar-refractivity contribution is -0.117. The minimum atomic E-state index is -0.414. The fourth-order valence-corrected chi connectivity index (χ4v) is 4.57. The molecule has 2 aromatic carbocycles. The number of esters is 1. The Balaban J connectivity index is 1.91. The van der Waals surface area contributed by atoms with E-state index >= 15 is 0 Å². The summed E-state index contributed by atoms with van der Waals surface area (Å²) in [5, 5.41) is 3.55. The van der Waals surface area contributed by atoms with Crippen LogP contribution in [0.25, 0.3) is 0 Å². The van der Waals surface area contributed by atoms with Crippen molar-refractivity contribution in [1.82, 2.24) is 0 Å². The molecule has 0 saturated carbocycles. The lowest BCUT2D eigenvalue weighted by Gasteiger charge is -2.15. The van der Waals surface area contributed by atoms with Crippen LogP contribution in [0.3, 0.4) is 0 Å². The maximum absolute atomic E-state index is 13.1. The number of hydrogen-bond donors (Lipinski definition) is 1. The summed E-state index contributed by atoms with van der Waals surface area (Å²) in [5.41, 5.74) is 2.53. The van der Waals surface area contributed by atoms with Crippen LogP contribution in [0.5, 0.6) is 0 Å². The van der Waals surface area contributed by atoms with Crippen molar-refractivity contribution in [2.24, 2.45) is 0 Å². The van der Waals surface area contributed by atoms with Gasteiger partial charge in [0.1, 0.15) is 5.00 Å². The maximum Gasteiger partial charge on any atom is 0.341 e. The van der Waals surface area contributed by atoms with Gasteiger partial charge in [0, 0.05) is 10.8 Å². The van der Waals surface area contributed by atoms with E-state index in [0.717, 1.165) is 16.0 Å². The van der Waals surface area contributed by atoms with E-state index < -0.39 is 5.97 Å². The second-order valence-corrected chi connectivity index (χ2v) is 8.19. The molecule has 0 bridgehead atoms. The highest BCUT2D eigenvalue weighted by Gasteiger charge is 2.25. The lowest BCUT2D eigenvalue weighted by atomic mass is 9.95. The van der Waals surface area contributed by atoms with Crippen molar-refractivity contribution in [2.75, 3.05) is 11.9 Å². The minimum Gasteiger partial charge on any atom is -0.462 e. The summed E-state index contributed by atoms with van der Waals surface area (Å²) in [4.78, 5) is 26.6. The SMILES string of the molecule is CCOC(=O)c1cc([C@@H](C)c2ccccc2)sc1NC(=O)[C@@H](CC)c1ccccc1. The summed E-state index contributed by atoms with van der Waals surface area (Å²) in [5.74, 6) is -0.706. The number of thiophene rings is 1. The molecule has 0 aliphatic heterocycles. The number of benzene rings is 2. The van der Waals surface area contributed by atoms with Gasteiger partial charge >= 0.3 is 5.97 Å². The first-order valence-corrected chi connectivity index (χ1v) is 11.1. The molecular formula is C25H27NO3S. The molecule has 3 aromatic rings. The average molecular weight is 422 g/mol. The Morgan fingerprint density at radius 3 is 2.13 bits per heavy atom. The minimum absolute atomic E-state index is 0.103. The molecule has 5 heteroatoms. The zero-order valence-electron chi connectivity index (χ0n) is 17.6. The normalized spacial score (nSPS) is 12.8. The second-order valence-electron chi connectivity index (χ2n) is 7.11. The predicted molar refractivity (Wildman–Crippen MR) is 122 cm³/mol. The molecule has 30 heavy (non-hydrogen) atoms. The summed E-state index contributed by atoms with van der Waals surface area (Å²) in [6.07, 6.45) is 0.670. The molecule has 4 nitrogen and oxygen atoms in total. The van der Waals surface area contributed by atoms with Gasteiger partial charge in [-0.3, -0.25) is 4.79 Å². The standard InChI is InChI=1S/C25H27NO3S/c1-4-20(19-14-10-7-11-15-19)23(27)26-24-21(25(28)29-5-2)16-22(30-24)17(3)18-12-8-6-9-13-18/h6-17,20H,4-5H2,1-3H3,(H,26,27)/t17-,20-/m0/s1. The highest BCUT2D eigenvalue weighted by molar-refractivity contribution is 7.16. The summed E-state index contributed by atoms with van der Waals surface area (Å²) < 4.78 is 5.24. The van der Waals surface area contributed by atoms with Crippen LogP contribution in [0.1, 0.15) is 65.4 Å². The molecule has 156 valence electrons. The Labute approximate surface area is 181 Å². The zero-order valence-corrected chi connectivity index (χ0v) is 18.4. The third-order valence-electron chi connectivity index (χ3n) is 5.14. The van der Waals surface area contributed by atoms with E-state index in [1.54, 1.807) is 6.92 Å². The molecule has 0 aliphatic rings. The third-order valence-corrected chi connectivity index (χ3v) is 6.37. The van der Waals surface area contributed by atoms with Gasteiger partial charge in [0.05, 0.1) is 18.1 Å². The smallest absolute Gasteiger partial charge is 0.341 e. The first-order chi connectivity index (χ1) is 14.5. The Kier molecular flexibility index (Phi) is 7.41. The van der Waals surface area contributed by atoms with Crippen molar-refractivity contribution in [2.45, 2.75) is 39.0 Å². The Bertz CT molecular complexity index is 982. The molecule has 1 heterocycles. The van der Waals surface area contributed by atoms with Crippen molar-refractivity contribution in [3.05, 3.63) is 88.3 Å². The van der Waals surface area contributed by atoms with Crippen LogP contribution in [0.4, 0.5) is 5.00 Å². The van der Waals surface area contributed by atoms with E-state index in [0.29, 0.717) is 17.0 Å². The predicted octanol–water partition coefficient (Wildman–Crippen LogP) is 6.21. The monoisotopic (exact) mass is 421 g/mol. The Morgan fingerprint density at radius 2 is 1.57 bits per heavy atom. The number of carbonyl (C=O) groups excluding carboxylic acids is 2. The van der Waals surface area contributed by atoms with Crippen molar-refractivity contribution in [1.29, 1.82) is 0 Å². The van der Waals surface area contributed by atoms with Gasteiger partial charge in [-0.05, 0) is 30.5 Å². The van der Waals surface area contributed by atoms with Crippen LogP contribution >= 0.6 is 11.3 Å². The van der Waals surface area contributed by atoms with Gasteiger partial charge in [-0.1, -0.05) is 74.5 Å². The molecule has 3 rings (SSSR count). The zero-order chi connectivity index (χ0) is 21.5. The van der Waals surface area contributed by atoms with E-state index in [2.05, 4.69) is 24.4 Å². The van der Waals surface area contributed by atoms with Crippen molar-refractivity contribution < 1.29 is 14.3 Å². The second kappa shape index (κ2) is 10.2. The molecule has 0 aliphatic carbocycles. The molecular weight excluding hydrogens is 394 g/mol. The molecule has 1 aromatic heterocycles. The average Bonchev–Trinajstić information content (AvgIpc) is 3.19. The lowest BCUT2D eigenvalue weighted by Crippen LogP contribution is -2.21. The van der Waals surface area contributed by atoms with Gasteiger partial charge in [0.15, 0.2) is 0 Å². The molecule has 1 amide bonds. The number of carbonyl (C=O) groups is 2. The first-order valence-electron chi connectivity index (χ1n) is 10.3. The highest BCUT2D eigenvalue weighted by atomic mass is 32.1. The van der Waals surface area contributed by atoms with Crippen molar-refractivity contribution in [3.8, 4) is 0 Å². The van der Waals surface area contributed by atoms with Gasteiger partial charge in [0.2, 0.25) is 5.91 Å². The molecule has 0 fully saturated rings. The van der Waals surface area contributed by atoms with E-state index in [1.807, 2.05) is 61.5 Å². The summed E-state index contributed by atoms with van der Waals surface area (Å²) >= 11 is 1.44. The van der Waals surface area contributed by atoms with Gasteiger partial charge in [-0.2, -0.15) is 0 Å². The summed E-state index contributed by atoms with van der Waals surface area (Å²) in [6, 6.07) is 21.7. The van der Waals surface area contributed by atoms with Crippen molar-refractivity contribution >= 4 is 28.2 Å². The number of nitrogens with one attached hydrogen (secondary N) is 1. The van der Waals surface area contributed by atoms with E-state index in [4.69, 9.17) is 4.74 Å². The molecule has 0 unspecified atom stereocenters. The fourth-order valence-electron chi connectivity index (χ4n) is 3.44. The van der Waals surface area contributed by atoms with Crippen LogP contribution in [-0.4, -0.2) is 18.5 Å². The van der Waals surface area contributed by atoms with Crippen LogP contribution in [0.15, 0.2) is 66.7 Å². The topological polar surface area (TPSA) is 55.4 Å². The summed E-state index contributed by atoms with van der Waals surface area (Å²) in [7, 11) is 0. The van der Waals surface area contributed by atoms with Gasteiger partial charge in [0.25, 0.3) is 0 Å². The number of ether oxygens (including phenoxy) is 1. The number of anilines is 1. The van der Waals surface area contributed by atoms with E-state index in [-0.39, 0.29) is 24.3 Å². The highest BCUT2D eigenvalue weighted by Crippen LogP contribution is 2.37. The van der Waals surface area contributed by atoms with Crippen molar-refractivity contribution in [3.63, 3.8) is 0 Å². The van der Waals surface area contributed by atoms with Crippen LogP contribution in [0.2, 0.25) is 0 Å². The molecule has 2 atom stereocenters. The molecule has 0 saturated heterocycles. The number of amides is 1. The van der Waals surface area contributed by atoms with E-state index in [9.17, 15) is 9.59 Å². The van der Waals surface area contributed by atoms with E-state index in [1.165, 1.54) is 11.3 Å².